The summed E-state index contributed by atoms with van der Waals surface area (Å²) in [5.74, 6) is 1.93. The van der Waals surface area contributed by atoms with E-state index in [0.717, 1.165) is 63.8 Å². The van der Waals surface area contributed by atoms with E-state index in [1.807, 2.05) is 24.4 Å². The summed E-state index contributed by atoms with van der Waals surface area (Å²) in [5.41, 5.74) is 8.52. The molecule has 32 heavy (non-hydrogen) atoms. The highest BCUT2D eigenvalue weighted by molar-refractivity contribution is 5.80. The highest BCUT2D eigenvalue weighted by atomic mass is 16.5. The van der Waals surface area contributed by atoms with Crippen LogP contribution < -0.4 is 25.1 Å². The van der Waals surface area contributed by atoms with Gasteiger partial charge in [-0.3, -0.25) is 9.91 Å². The third kappa shape index (κ3) is 4.31. The van der Waals surface area contributed by atoms with Crippen LogP contribution in [-0.2, 0) is 0 Å². The van der Waals surface area contributed by atoms with Gasteiger partial charge < -0.3 is 19.9 Å². The molecule has 0 aliphatic carbocycles. The zero-order chi connectivity index (χ0) is 21.9. The van der Waals surface area contributed by atoms with Crippen LogP contribution in [0, 0.1) is 5.21 Å². The SMILES string of the molecule is COc1ccccc1N1CCN(CCNN2CC3=C(CC[NH+]([O-])C3)c3cccnc32)CC1. The topological polar surface area (TPSA) is 71.4 Å². The van der Waals surface area contributed by atoms with Crippen molar-refractivity contribution in [1.29, 1.82) is 0 Å². The number of quaternary nitrogens is 1. The van der Waals surface area contributed by atoms with Gasteiger partial charge in [-0.15, -0.1) is 0 Å². The Morgan fingerprint density at radius 2 is 1.97 bits per heavy atom. The first kappa shape index (κ1) is 21.2. The van der Waals surface area contributed by atoms with E-state index in [9.17, 15) is 5.21 Å². The number of piperazine rings is 1. The highest BCUT2D eigenvalue weighted by Gasteiger charge is 2.29. The number of hydrazine groups is 1. The van der Waals surface area contributed by atoms with Crippen molar-refractivity contribution in [3.63, 3.8) is 0 Å². The number of methoxy groups -OCH3 is 1. The molecule has 1 atom stereocenters. The lowest BCUT2D eigenvalue weighted by Crippen LogP contribution is -3.08. The molecule has 170 valence electrons. The quantitative estimate of drug-likeness (QED) is 0.649. The smallest absolute Gasteiger partial charge is 0.150 e. The second kappa shape index (κ2) is 9.46. The Balaban J connectivity index is 1.16. The molecule has 1 unspecified atom stereocenters. The number of hydrogen-bond acceptors (Lipinski definition) is 7. The molecule has 0 bridgehead atoms. The molecule has 1 aromatic heterocycles. The van der Waals surface area contributed by atoms with Crippen LogP contribution in [0.2, 0.25) is 0 Å². The molecule has 0 saturated carbocycles. The van der Waals surface area contributed by atoms with Gasteiger partial charge in [0.1, 0.15) is 12.3 Å². The van der Waals surface area contributed by atoms with Gasteiger partial charge in [0.25, 0.3) is 0 Å². The Kier molecular flexibility index (Phi) is 6.27. The minimum atomic E-state index is 0.351. The summed E-state index contributed by atoms with van der Waals surface area (Å²) in [6, 6.07) is 12.4. The Hall–Kier alpha value is -2.65. The summed E-state index contributed by atoms with van der Waals surface area (Å²) in [6.07, 6.45) is 2.70. The summed E-state index contributed by atoms with van der Waals surface area (Å²) >= 11 is 0. The number of aromatic nitrogens is 1. The van der Waals surface area contributed by atoms with Crippen molar-refractivity contribution in [3.05, 3.63) is 58.9 Å². The predicted octanol–water partition coefficient (Wildman–Crippen LogP) is 0.777. The maximum absolute atomic E-state index is 12.0. The van der Waals surface area contributed by atoms with E-state index in [0.29, 0.717) is 18.2 Å². The molecule has 3 aliphatic heterocycles. The number of pyridine rings is 1. The Bertz CT molecular complexity index is 972. The van der Waals surface area contributed by atoms with Gasteiger partial charge in [0.2, 0.25) is 0 Å². The van der Waals surface area contributed by atoms with Crippen molar-refractivity contribution >= 4 is 17.1 Å². The fourth-order valence-electron chi connectivity index (χ4n) is 5.04. The monoisotopic (exact) mass is 436 g/mol. The zero-order valence-corrected chi connectivity index (χ0v) is 18.7. The van der Waals surface area contributed by atoms with E-state index in [2.05, 4.69) is 43.4 Å². The van der Waals surface area contributed by atoms with Crippen LogP contribution in [0.1, 0.15) is 12.0 Å². The molecule has 4 heterocycles. The van der Waals surface area contributed by atoms with Crippen LogP contribution in [-0.4, -0.2) is 75.9 Å². The molecule has 0 radical (unpaired) electrons. The van der Waals surface area contributed by atoms with E-state index in [1.54, 1.807) is 7.11 Å². The van der Waals surface area contributed by atoms with Gasteiger partial charge in [0, 0.05) is 63.0 Å². The molecule has 8 nitrogen and oxygen atoms in total. The van der Waals surface area contributed by atoms with Crippen LogP contribution in [0.25, 0.3) is 5.57 Å². The predicted molar refractivity (Wildman–Crippen MR) is 127 cm³/mol. The second-order valence-electron chi connectivity index (χ2n) is 8.67. The molecule has 2 N–H and O–H groups in total. The Morgan fingerprint density at radius 1 is 1.12 bits per heavy atom. The van der Waals surface area contributed by atoms with E-state index < -0.39 is 0 Å². The first-order valence-corrected chi connectivity index (χ1v) is 11.5. The number of anilines is 2. The highest BCUT2D eigenvalue weighted by Crippen LogP contribution is 2.34. The molecular formula is C24H32N6O2. The van der Waals surface area contributed by atoms with Gasteiger partial charge in [-0.25, -0.2) is 10.4 Å². The standard InChI is InChI=1S/C24H32N6O2/c1-32-23-7-3-2-6-22(23)28-15-13-27(14-16-28)12-10-26-30-18-19-17-29(31)11-8-20(19)21-5-4-9-25-24(21)30/h2-7,9,26,29H,8,10-18H2,1H3. The summed E-state index contributed by atoms with van der Waals surface area (Å²) in [6.45, 7) is 7.84. The number of hydroxylamine groups is 2. The summed E-state index contributed by atoms with van der Waals surface area (Å²) < 4.78 is 5.53. The molecule has 1 aromatic carbocycles. The lowest BCUT2D eigenvalue weighted by molar-refractivity contribution is -0.843. The van der Waals surface area contributed by atoms with E-state index >= 15 is 0 Å². The average molecular weight is 437 g/mol. The second-order valence-corrected chi connectivity index (χ2v) is 8.67. The maximum Gasteiger partial charge on any atom is 0.150 e. The number of hydrogen-bond donors (Lipinski definition) is 2. The summed E-state index contributed by atoms with van der Waals surface area (Å²) in [4.78, 5) is 9.55. The van der Waals surface area contributed by atoms with Crippen molar-refractivity contribution in [1.82, 2.24) is 15.3 Å². The van der Waals surface area contributed by atoms with E-state index in [4.69, 9.17) is 4.74 Å². The number of rotatable bonds is 6. The number of nitrogens with one attached hydrogen (secondary N) is 2. The maximum atomic E-state index is 12.0. The molecule has 1 fully saturated rings. The first-order valence-electron chi connectivity index (χ1n) is 11.5. The van der Waals surface area contributed by atoms with Crippen LogP contribution in [0.3, 0.4) is 0 Å². The molecular weight excluding hydrogens is 404 g/mol. The fraction of sp³-hybridized carbons (Fsp3) is 0.458. The van der Waals surface area contributed by atoms with Gasteiger partial charge in [-0.05, 0) is 29.8 Å². The number of para-hydroxylation sites is 2. The lowest BCUT2D eigenvalue weighted by Gasteiger charge is -2.39. The van der Waals surface area contributed by atoms with Gasteiger partial charge >= 0.3 is 0 Å². The first-order chi connectivity index (χ1) is 15.7. The van der Waals surface area contributed by atoms with Gasteiger partial charge in [0.05, 0.1) is 25.9 Å². The van der Waals surface area contributed by atoms with Crippen molar-refractivity contribution < 1.29 is 9.80 Å². The van der Waals surface area contributed by atoms with Crippen LogP contribution >= 0.6 is 0 Å². The third-order valence-electron chi connectivity index (χ3n) is 6.74. The number of nitrogens with zero attached hydrogens (tertiary/aromatic N) is 4. The van der Waals surface area contributed by atoms with Crippen molar-refractivity contribution in [3.8, 4) is 5.75 Å². The molecule has 8 heteroatoms. The van der Waals surface area contributed by atoms with E-state index in [-0.39, 0.29) is 0 Å². The Labute approximate surface area is 189 Å². The summed E-state index contributed by atoms with van der Waals surface area (Å²) in [7, 11) is 1.73. The molecule has 0 amide bonds. The lowest BCUT2D eigenvalue weighted by atomic mass is 9.91. The molecule has 0 spiro atoms. The third-order valence-corrected chi connectivity index (χ3v) is 6.74. The van der Waals surface area contributed by atoms with Crippen LogP contribution in [0.4, 0.5) is 11.5 Å². The van der Waals surface area contributed by atoms with Crippen LogP contribution in [0.15, 0.2) is 48.2 Å². The largest absolute Gasteiger partial charge is 0.634 e. The average Bonchev–Trinajstić information content (AvgIpc) is 2.84. The van der Waals surface area contributed by atoms with E-state index in [1.165, 1.54) is 22.4 Å². The van der Waals surface area contributed by atoms with Gasteiger partial charge in [-0.1, -0.05) is 12.1 Å². The summed E-state index contributed by atoms with van der Waals surface area (Å²) in [5, 5.41) is 14.5. The van der Waals surface area contributed by atoms with Gasteiger partial charge in [-0.2, -0.15) is 0 Å². The van der Waals surface area contributed by atoms with Crippen molar-refractivity contribution in [2.75, 3.05) is 75.9 Å². The number of fused-ring (bicyclic) bond motifs is 2. The van der Waals surface area contributed by atoms with Gasteiger partial charge in [0.15, 0.2) is 5.82 Å². The van der Waals surface area contributed by atoms with Crippen LogP contribution in [0.5, 0.6) is 5.75 Å². The number of ether oxygens (including phenoxy) is 1. The molecule has 1 saturated heterocycles. The van der Waals surface area contributed by atoms with Crippen molar-refractivity contribution in [2.45, 2.75) is 6.42 Å². The minimum absolute atomic E-state index is 0.351. The zero-order valence-electron chi connectivity index (χ0n) is 18.7. The fourth-order valence-corrected chi connectivity index (χ4v) is 5.04. The number of benzene rings is 1. The molecule has 2 aromatic rings. The molecule has 5 rings (SSSR count). The molecule has 3 aliphatic rings. The normalized spacial score (nSPS) is 21.4. The minimum Gasteiger partial charge on any atom is -0.634 e. The Morgan fingerprint density at radius 3 is 2.81 bits per heavy atom. The van der Waals surface area contributed by atoms with Crippen molar-refractivity contribution in [2.24, 2.45) is 0 Å².